The Hall–Kier alpha value is -1.07. The van der Waals surface area contributed by atoms with Gasteiger partial charge in [-0.2, -0.15) is 0 Å². The van der Waals surface area contributed by atoms with Gasteiger partial charge in [0.25, 0.3) is 0 Å². The molecule has 3 nitrogen and oxygen atoms in total. The van der Waals surface area contributed by atoms with Gasteiger partial charge in [-0.1, -0.05) is 6.92 Å². The lowest BCUT2D eigenvalue weighted by Gasteiger charge is -2.07. The minimum absolute atomic E-state index is 0.0772. The summed E-state index contributed by atoms with van der Waals surface area (Å²) >= 11 is 5.39. The van der Waals surface area contributed by atoms with Crippen molar-refractivity contribution >= 4 is 43.3 Å². The van der Waals surface area contributed by atoms with E-state index in [-0.39, 0.29) is 11.9 Å². The average molecular weight is 357 g/mol. The second kappa shape index (κ2) is 6.59. The van der Waals surface area contributed by atoms with Crippen molar-refractivity contribution in [2.45, 2.75) is 19.8 Å². The SMILES string of the molecule is COC(=O)[C@@H](C)CCc1sc2cc(OC)ccc2c1Br. The van der Waals surface area contributed by atoms with Crippen molar-refractivity contribution < 1.29 is 14.3 Å². The van der Waals surface area contributed by atoms with E-state index in [4.69, 9.17) is 9.47 Å². The molecule has 0 amide bonds. The average Bonchev–Trinajstić information content (AvgIpc) is 2.79. The van der Waals surface area contributed by atoms with Gasteiger partial charge in [0.2, 0.25) is 0 Å². The number of rotatable bonds is 5. The highest BCUT2D eigenvalue weighted by Gasteiger charge is 2.16. The Balaban J connectivity index is 2.18. The van der Waals surface area contributed by atoms with E-state index in [0.717, 1.165) is 23.1 Å². The third-order valence-corrected chi connectivity index (χ3v) is 5.69. The highest BCUT2D eigenvalue weighted by atomic mass is 79.9. The zero-order valence-electron chi connectivity index (χ0n) is 11.7. The van der Waals surface area contributed by atoms with Crippen LogP contribution in [0.5, 0.6) is 5.75 Å². The Morgan fingerprint density at radius 3 is 2.80 bits per heavy atom. The van der Waals surface area contributed by atoms with Crippen LogP contribution in [0.15, 0.2) is 22.7 Å². The summed E-state index contributed by atoms with van der Waals surface area (Å²) in [5.74, 6) is 0.635. The van der Waals surface area contributed by atoms with Crippen LogP contribution in [0, 0.1) is 5.92 Å². The Labute approximate surface area is 131 Å². The molecule has 0 saturated heterocycles. The summed E-state index contributed by atoms with van der Waals surface area (Å²) in [4.78, 5) is 12.7. The van der Waals surface area contributed by atoms with Gasteiger partial charge in [0, 0.05) is 19.4 Å². The monoisotopic (exact) mass is 356 g/mol. The molecule has 0 fully saturated rings. The van der Waals surface area contributed by atoms with E-state index in [9.17, 15) is 4.79 Å². The molecule has 5 heteroatoms. The Morgan fingerprint density at radius 1 is 1.40 bits per heavy atom. The quantitative estimate of drug-likeness (QED) is 0.744. The molecule has 0 aliphatic rings. The van der Waals surface area contributed by atoms with Crippen molar-refractivity contribution in [2.75, 3.05) is 14.2 Å². The summed E-state index contributed by atoms with van der Waals surface area (Å²) < 4.78 is 12.3. The van der Waals surface area contributed by atoms with Gasteiger partial charge >= 0.3 is 5.97 Å². The molecule has 1 aromatic heterocycles. The number of carbonyl (C=O) groups is 1. The molecule has 108 valence electrons. The molecule has 1 aromatic carbocycles. The van der Waals surface area contributed by atoms with E-state index < -0.39 is 0 Å². The molecule has 0 unspecified atom stereocenters. The van der Waals surface area contributed by atoms with E-state index in [0.29, 0.717) is 0 Å². The third-order valence-electron chi connectivity index (χ3n) is 3.31. The number of carbonyl (C=O) groups excluding carboxylic acids is 1. The van der Waals surface area contributed by atoms with Crippen LogP contribution in [0.1, 0.15) is 18.2 Å². The first-order valence-electron chi connectivity index (χ1n) is 6.39. The maximum Gasteiger partial charge on any atom is 0.308 e. The fourth-order valence-electron chi connectivity index (χ4n) is 2.05. The van der Waals surface area contributed by atoms with Gasteiger partial charge in [-0.25, -0.2) is 0 Å². The molecule has 2 aromatic rings. The molecule has 1 heterocycles. The minimum atomic E-state index is -0.149. The maximum absolute atomic E-state index is 11.4. The number of thiophene rings is 1. The van der Waals surface area contributed by atoms with Crippen LogP contribution in [0.3, 0.4) is 0 Å². The Morgan fingerprint density at radius 2 is 2.15 bits per heavy atom. The number of hydrogen-bond acceptors (Lipinski definition) is 4. The van der Waals surface area contributed by atoms with E-state index in [1.165, 1.54) is 22.1 Å². The van der Waals surface area contributed by atoms with Crippen molar-refractivity contribution in [1.82, 2.24) is 0 Å². The first-order chi connectivity index (χ1) is 9.56. The molecule has 0 saturated carbocycles. The summed E-state index contributed by atoms with van der Waals surface area (Å²) in [5.41, 5.74) is 0. The standard InChI is InChI=1S/C15H17BrO3S/c1-9(15(17)19-3)4-7-12-14(16)11-6-5-10(18-2)8-13(11)20-12/h5-6,8-9H,4,7H2,1-3H3/t9-/m0/s1. The van der Waals surface area contributed by atoms with Crippen molar-refractivity contribution in [3.05, 3.63) is 27.5 Å². The number of ether oxygens (including phenoxy) is 2. The number of halogens is 1. The lowest BCUT2D eigenvalue weighted by molar-refractivity contribution is -0.145. The normalized spacial score (nSPS) is 12.4. The van der Waals surface area contributed by atoms with Crippen molar-refractivity contribution in [2.24, 2.45) is 5.92 Å². The molecule has 0 spiro atoms. The topological polar surface area (TPSA) is 35.5 Å². The van der Waals surface area contributed by atoms with Crippen molar-refractivity contribution in [1.29, 1.82) is 0 Å². The summed E-state index contributed by atoms with van der Waals surface area (Å²) in [6.07, 6.45) is 1.65. The fourth-order valence-corrected chi connectivity index (χ4v) is 4.11. The minimum Gasteiger partial charge on any atom is -0.497 e. The van der Waals surface area contributed by atoms with Gasteiger partial charge in [0.05, 0.1) is 20.1 Å². The van der Waals surface area contributed by atoms with Gasteiger partial charge in [0.15, 0.2) is 0 Å². The van der Waals surface area contributed by atoms with Gasteiger partial charge < -0.3 is 9.47 Å². The second-order valence-electron chi connectivity index (χ2n) is 4.66. The highest BCUT2D eigenvalue weighted by Crippen LogP contribution is 2.38. The van der Waals surface area contributed by atoms with Crippen LogP contribution in [-0.2, 0) is 16.0 Å². The molecular weight excluding hydrogens is 340 g/mol. The van der Waals surface area contributed by atoms with Crippen LogP contribution in [0.2, 0.25) is 0 Å². The van der Waals surface area contributed by atoms with E-state index in [1.54, 1.807) is 18.4 Å². The van der Waals surface area contributed by atoms with Gasteiger partial charge in [-0.05, 0) is 47.0 Å². The first-order valence-corrected chi connectivity index (χ1v) is 8.00. The predicted octanol–water partition coefficient (Wildman–Crippen LogP) is 4.41. The number of esters is 1. The maximum atomic E-state index is 11.4. The van der Waals surface area contributed by atoms with Gasteiger partial charge in [-0.3, -0.25) is 4.79 Å². The number of hydrogen-bond donors (Lipinski definition) is 0. The Bertz CT molecular complexity index is 621. The predicted molar refractivity (Wildman–Crippen MR) is 85.6 cm³/mol. The molecule has 1 atom stereocenters. The number of fused-ring (bicyclic) bond motifs is 1. The lowest BCUT2D eigenvalue weighted by atomic mass is 10.1. The smallest absolute Gasteiger partial charge is 0.308 e. The zero-order valence-corrected chi connectivity index (χ0v) is 14.1. The van der Waals surface area contributed by atoms with E-state index in [1.807, 2.05) is 19.1 Å². The van der Waals surface area contributed by atoms with Crippen LogP contribution >= 0.6 is 27.3 Å². The molecule has 20 heavy (non-hydrogen) atoms. The number of methoxy groups -OCH3 is 2. The van der Waals surface area contributed by atoms with Crippen LogP contribution in [0.4, 0.5) is 0 Å². The third kappa shape index (κ3) is 3.15. The van der Waals surface area contributed by atoms with Crippen molar-refractivity contribution in [3.63, 3.8) is 0 Å². The second-order valence-corrected chi connectivity index (χ2v) is 6.59. The molecule has 0 aliphatic heterocycles. The Kier molecular flexibility index (Phi) is 5.05. The highest BCUT2D eigenvalue weighted by molar-refractivity contribution is 9.10. The molecule has 2 rings (SSSR count). The van der Waals surface area contributed by atoms with E-state index >= 15 is 0 Å². The molecule has 0 aliphatic carbocycles. The van der Waals surface area contributed by atoms with Crippen molar-refractivity contribution in [3.8, 4) is 5.75 Å². The van der Waals surface area contributed by atoms with Crippen LogP contribution in [-0.4, -0.2) is 20.2 Å². The van der Waals surface area contributed by atoms with Crippen LogP contribution in [0.25, 0.3) is 10.1 Å². The first kappa shape index (κ1) is 15.3. The lowest BCUT2D eigenvalue weighted by Crippen LogP contribution is -2.13. The zero-order chi connectivity index (χ0) is 14.7. The van der Waals surface area contributed by atoms with Crippen LogP contribution < -0.4 is 4.74 Å². The molecule has 0 bridgehead atoms. The summed E-state index contributed by atoms with van der Waals surface area (Å²) in [5, 5.41) is 1.19. The van der Waals surface area contributed by atoms with Gasteiger partial charge in [-0.15, -0.1) is 11.3 Å². The molecular formula is C15H17BrO3S. The number of benzene rings is 1. The summed E-state index contributed by atoms with van der Waals surface area (Å²) in [7, 11) is 3.10. The van der Waals surface area contributed by atoms with E-state index in [2.05, 4.69) is 22.0 Å². The largest absolute Gasteiger partial charge is 0.497 e. The molecule has 0 N–H and O–H groups in total. The van der Waals surface area contributed by atoms with Gasteiger partial charge in [0.1, 0.15) is 5.75 Å². The summed E-state index contributed by atoms with van der Waals surface area (Å²) in [6, 6.07) is 6.06. The molecule has 0 radical (unpaired) electrons. The number of aryl methyl sites for hydroxylation is 1. The fraction of sp³-hybridized carbons (Fsp3) is 0.400. The summed E-state index contributed by atoms with van der Waals surface area (Å²) in [6.45, 7) is 1.90.